The quantitative estimate of drug-likeness (QED) is 0.308. The first-order chi connectivity index (χ1) is 17.5. The van der Waals surface area contributed by atoms with Crippen LogP contribution in [0.25, 0.3) is 0 Å². The summed E-state index contributed by atoms with van der Waals surface area (Å²) in [5.41, 5.74) is 2.77. The van der Waals surface area contributed by atoms with Gasteiger partial charge in [0.15, 0.2) is 0 Å². The summed E-state index contributed by atoms with van der Waals surface area (Å²) in [5, 5.41) is 2.93. The molecule has 3 amide bonds. The fourth-order valence-electron chi connectivity index (χ4n) is 3.92. The van der Waals surface area contributed by atoms with Crippen molar-refractivity contribution in [1.29, 1.82) is 0 Å². The molecule has 2 aromatic heterocycles. The Morgan fingerprint density at radius 3 is 2.25 bits per heavy atom. The summed E-state index contributed by atoms with van der Waals surface area (Å²) in [4.78, 5) is 30.1. The highest BCUT2D eigenvalue weighted by atomic mass is 16.3. The highest BCUT2D eigenvalue weighted by molar-refractivity contribution is 5.93. The van der Waals surface area contributed by atoms with Crippen molar-refractivity contribution in [2.24, 2.45) is 0 Å². The number of anilines is 1. The predicted octanol–water partition coefficient (Wildman–Crippen LogP) is 5.80. The van der Waals surface area contributed by atoms with E-state index in [0.717, 1.165) is 16.9 Å². The van der Waals surface area contributed by atoms with Crippen molar-refractivity contribution in [2.45, 2.75) is 33.4 Å². The van der Waals surface area contributed by atoms with Gasteiger partial charge in [0.1, 0.15) is 23.8 Å². The highest BCUT2D eigenvalue weighted by Crippen LogP contribution is 2.16. The van der Waals surface area contributed by atoms with Gasteiger partial charge in [0, 0.05) is 12.2 Å². The van der Waals surface area contributed by atoms with Crippen LogP contribution in [0.5, 0.6) is 0 Å². The summed E-state index contributed by atoms with van der Waals surface area (Å²) in [6.45, 7) is 4.69. The normalized spacial score (nSPS) is 10.7. The molecule has 0 radical (unpaired) electrons. The largest absolute Gasteiger partial charge is 0.467 e. The van der Waals surface area contributed by atoms with E-state index < -0.39 is 0 Å². The Balaban J connectivity index is 1.51. The summed E-state index contributed by atoms with van der Waals surface area (Å²) < 4.78 is 11.2. The van der Waals surface area contributed by atoms with Gasteiger partial charge in [0.2, 0.25) is 5.91 Å². The van der Waals surface area contributed by atoms with Crippen LogP contribution >= 0.6 is 0 Å². The van der Waals surface area contributed by atoms with E-state index in [-0.39, 0.29) is 25.0 Å². The molecule has 0 saturated carbocycles. The summed E-state index contributed by atoms with van der Waals surface area (Å²) >= 11 is 0. The molecular formula is C29H31N3O4. The molecular weight excluding hydrogens is 454 g/mol. The molecule has 0 atom stereocenters. The second kappa shape index (κ2) is 11.9. The van der Waals surface area contributed by atoms with Gasteiger partial charge in [0.25, 0.3) is 0 Å². The summed E-state index contributed by atoms with van der Waals surface area (Å²) in [7, 11) is 0. The zero-order valence-corrected chi connectivity index (χ0v) is 20.6. The standard InChI is InChI=1S/C29H31N3O4/c1-22-9-6-7-13-27(22)30-29(34)32(19-25-12-8-18-35-25)21-28(33)31(20-26-15-14-23(2)36-26)17-16-24-10-4-3-5-11-24/h3-15,18H,16-17,19-21H2,1-2H3,(H,30,34). The van der Waals surface area contributed by atoms with E-state index in [0.29, 0.717) is 36.7 Å². The highest BCUT2D eigenvalue weighted by Gasteiger charge is 2.24. The second-order valence-corrected chi connectivity index (χ2v) is 8.74. The topological polar surface area (TPSA) is 78.9 Å². The molecule has 0 spiro atoms. The van der Waals surface area contributed by atoms with E-state index in [1.54, 1.807) is 23.3 Å². The zero-order valence-electron chi connectivity index (χ0n) is 20.6. The molecule has 2 aromatic carbocycles. The summed E-state index contributed by atoms with van der Waals surface area (Å²) in [6.07, 6.45) is 2.25. The monoisotopic (exact) mass is 485 g/mol. The fraction of sp³-hybridized carbons (Fsp3) is 0.241. The molecule has 1 N–H and O–H groups in total. The Hall–Kier alpha value is -4.26. The molecule has 7 nitrogen and oxygen atoms in total. The van der Waals surface area contributed by atoms with Gasteiger partial charge in [-0.1, -0.05) is 48.5 Å². The van der Waals surface area contributed by atoms with Crippen molar-refractivity contribution < 1.29 is 18.4 Å². The van der Waals surface area contributed by atoms with Gasteiger partial charge in [-0.3, -0.25) is 4.79 Å². The van der Waals surface area contributed by atoms with Crippen LogP contribution in [0.15, 0.2) is 94.0 Å². The lowest BCUT2D eigenvalue weighted by Gasteiger charge is -2.27. The maximum Gasteiger partial charge on any atom is 0.322 e. The maximum atomic E-state index is 13.6. The van der Waals surface area contributed by atoms with E-state index in [9.17, 15) is 9.59 Å². The molecule has 4 rings (SSSR count). The van der Waals surface area contributed by atoms with Crippen LogP contribution in [0.4, 0.5) is 10.5 Å². The maximum absolute atomic E-state index is 13.6. The number of nitrogens with one attached hydrogen (secondary N) is 1. The predicted molar refractivity (Wildman–Crippen MR) is 138 cm³/mol. The first kappa shape index (κ1) is 24.9. The van der Waals surface area contributed by atoms with E-state index in [2.05, 4.69) is 5.32 Å². The number of nitrogens with zero attached hydrogens (tertiary/aromatic N) is 2. The van der Waals surface area contributed by atoms with Gasteiger partial charge in [-0.05, 0) is 61.7 Å². The fourth-order valence-corrected chi connectivity index (χ4v) is 3.92. The Kier molecular flexibility index (Phi) is 8.24. The molecule has 186 valence electrons. The third-order valence-corrected chi connectivity index (χ3v) is 5.94. The van der Waals surface area contributed by atoms with Crippen molar-refractivity contribution in [1.82, 2.24) is 9.80 Å². The Bertz CT molecular complexity index is 1260. The average Bonchev–Trinajstić information content (AvgIpc) is 3.54. The van der Waals surface area contributed by atoms with Crippen molar-refractivity contribution in [3.8, 4) is 0 Å². The van der Waals surface area contributed by atoms with E-state index in [1.165, 1.54) is 4.90 Å². The van der Waals surface area contributed by atoms with Gasteiger partial charge in [-0.25, -0.2) is 4.79 Å². The number of benzene rings is 2. The van der Waals surface area contributed by atoms with Crippen LogP contribution in [-0.2, 0) is 24.3 Å². The SMILES string of the molecule is Cc1ccc(CN(CCc2ccccc2)C(=O)CN(Cc2ccco2)C(=O)Nc2ccccc2C)o1. The molecule has 36 heavy (non-hydrogen) atoms. The number of amides is 3. The van der Waals surface area contributed by atoms with E-state index in [1.807, 2.05) is 80.6 Å². The smallest absolute Gasteiger partial charge is 0.322 e. The minimum Gasteiger partial charge on any atom is -0.467 e. The number of aryl methyl sites for hydroxylation is 2. The molecule has 0 saturated heterocycles. The first-order valence-corrected chi connectivity index (χ1v) is 12.0. The van der Waals surface area contributed by atoms with Gasteiger partial charge < -0.3 is 24.0 Å². The van der Waals surface area contributed by atoms with Crippen LogP contribution in [-0.4, -0.2) is 34.8 Å². The minimum atomic E-state index is -0.370. The van der Waals surface area contributed by atoms with Gasteiger partial charge in [-0.15, -0.1) is 0 Å². The number of carbonyl (C=O) groups excluding carboxylic acids is 2. The van der Waals surface area contributed by atoms with Crippen LogP contribution in [0.1, 0.15) is 28.4 Å². The molecule has 0 fully saturated rings. The van der Waals surface area contributed by atoms with E-state index >= 15 is 0 Å². The van der Waals surface area contributed by atoms with Crippen molar-refractivity contribution in [3.63, 3.8) is 0 Å². The Labute approximate surface area is 211 Å². The third-order valence-electron chi connectivity index (χ3n) is 5.94. The molecule has 7 heteroatoms. The lowest BCUT2D eigenvalue weighted by molar-refractivity contribution is -0.132. The number of rotatable bonds is 10. The Morgan fingerprint density at radius 2 is 1.56 bits per heavy atom. The van der Waals surface area contributed by atoms with Crippen LogP contribution in [0, 0.1) is 13.8 Å². The van der Waals surface area contributed by atoms with Gasteiger partial charge >= 0.3 is 6.03 Å². The molecule has 2 heterocycles. The third kappa shape index (κ3) is 6.88. The lowest BCUT2D eigenvalue weighted by Crippen LogP contribution is -2.44. The van der Waals surface area contributed by atoms with Gasteiger partial charge in [-0.2, -0.15) is 0 Å². The first-order valence-electron chi connectivity index (χ1n) is 12.0. The summed E-state index contributed by atoms with van der Waals surface area (Å²) in [5.74, 6) is 1.92. The van der Waals surface area contributed by atoms with Crippen LogP contribution < -0.4 is 5.32 Å². The average molecular weight is 486 g/mol. The van der Waals surface area contributed by atoms with Crippen molar-refractivity contribution in [2.75, 3.05) is 18.4 Å². The Morgan fingerprint density at radius 1 is 0.806 bits per heavy atom. The molecule has 0 bridgehead atoms. The molecule has 0 aliphatic carbocycles. The lowest BCUT2D eigenvalue weighted by atomic mass is 10.1. The van der Waals surface area contributed by atoms with Crippen molar-refractivity contribution >= 4 is 17.6 Å². The number of para-hydroxylation sites is 1. The number of hydrogen-bond donors (Lipinski definition) is 1. The van der Waals surface area contributed by atoms with Crippen LogP contribution in [0.2, 0.25) is 0 Å². The minimum absolute atomic E-state index is 0.104. The molecule has 4 aromatic rings. The number of hydrogen-bond acceptors (Lipinski definition) is 4. The number of urea groups is 1. The molecule has 0 aliphatic rings. The summed E-state index contributed by atoms with van der Waals surface area (Å²) in [6, 6.07) is 24.5. The van der Waals surface area contributed by atoms with Gasteiger partial charge in [0.05, 0.1) is 19.4 Å². The van der Waals surface area contributed by atoms with Crippen molar-refractivity contribution in [3.05, 3.63) is 114 Å². The number of carbonyl (C=O) groups is 2. The van der Waals surface area contributed by atoms with Crippen LogP contribution in [0.3, 0.4) is 0 Å². The number of furan rings is 2. The van der Waals surface area contributed by atoms with E-state index in [4.69, 9.17) is 8.83 Å². The molecule has 0 aliphatic heterocycles. The zero-order chi connectivity index (χ0) is 25.3. The molecule has 0 unspecified atom stereocenters. The second-order valence-electron chi connectivity index (χ2n) is 8.74.